The van der Waals surface area contributed by atoms with Gasteiger partial charge in [-0.15, -0.1) is 0 Å². The highest BCUT2D eigenvalue weighted by Gasteiger charge is 2.47. The minimum Gasteiger partial charge on any atom is -0.507 e. The summed E-state index contributed by atoms with van der Waals surface area (Å²) in [6, 6.07) is 13.7. The third-order valence-electron chi connectivity index (χ3n) is 6.32. The SMILES string of the molecule is Cc1ccc(C(C)(C)C)cc1/C(O)=C1\C(=O)C(=O)N(c2cccc(Cl)c2C)C1c1ccncc1. The number of aliphatic hydroxyl groups excluding tert-OH is 1. The first-order chi connectivity index (χ1) is 16.0. The van der Waals surface area contributed by atoms with E-state index in [1.807, 2.05) is 25.1 Å². The Labute approximate surface area is 204 Å². The molecule has 6 heteroatoms. The molecule has 1 N–H and O–H groups in total. The van der Waals surface area contributed by atoms with Crippen LogP contribution in [0.4, 0.5) is 5.69 Å². The van der Waals surface area contributed by atoms with E-state index < -0.39 is 17.7 Å². The molecule has 1 aliphatic heterocycles. The van der Waals surface area contributed by atoms with Crippen LogP contribution >= 0.6 is 11.6 Å². The fraction of sp³-hybridized carbons (Fsp3) is 0.250. The van der Waals surface area contributed by atoms with E-state index in [0.29, 0.717) is 27.4 Å². The molecule has 1 aromatic heterocycles. The lowest BCUT2D eigenvalue weighted by atomic mass is 9.84. The van der Waals surface area contributed by atoms with Crippen LogP contribution in [0.1, 0.15) is 54.6 Å². The van der Waals surface area contributed by atoms with Gasteiger partial charge in [0.15, 0.2) is 0 Å². The summed E-state index contributed by atoms with van der Waals surface area (Å²) in [5.41, 5.74) is 4.12. The number of carbonyl (C=O) groups is 2. The van der Waals surface area contributed by atoms with Gasteiger partial charge >= 0.3 is 0 Å². The molecule has 1 aliphatic rings. The molecule has 4 rings (SSSR count). The number of hydrogen-bond donors (Lipinski definition) is 1. The van der Waals surface area contributed by atoms with Gasteiger partial charge in [0, 0.05) is 28.7 Å². The number of ketones is 1. The predicted octanol–water partition coefficient (Wildman–Crippen LogP) is 6.28. The van der Waals surface area contributed by atoms with Crippen LogP contribution in [0.15, 0.2) is 66.5 Å². The minimum absolute atomic E-state index is 0.0461. The number of amides is 1. The lowest BCUT2D eigenvalue weighted by molar-refractivity contribution is -0.132. The maximum Gasteiger partial charge on any atom is 0.300 e. The van der Waals surface area contributed by atoms with Gasteiger partial charge in [-0.1, -0.05) is 50.6 Å². The Bertz CT molecular complexity index is 1320. The van der Waals surface area contributed by atoms with Gasteiger partial charge in [-0.05, 0) is 71.8 Å². The maximum absolute atomic E-state index is 13.4. The van der Waals surface area contributed by atoms with E-state index in [-0.39, 0.29) is 16.7 Å². The van der Waals surface area contributed by atoms with Crippen molar-refractivity contribution in [3.63, 3.8) is 0 Å². The van der Waals surface area contributed by atoms with E-state index in [9.17, 15) is 14.7 Å². The monoisotopic (exact) mass is 474 g/mol. The molecule has 1 saturated heterocycles. The maximum atomic E-state index is 13.4. The molecule has 1 unspecified atom stereocenters. The molecule has 2 heterocycles. The zero-order valence-electron chi connectivity index (χ0n) is 19.9. The Morgan fingerprint density at radius 2 is 1.71 bits per heavy atom. The number of benzene rings is 2. The predicted molar refractivity (Wildman–Crippen MR) is 135 cm³/mol. The van der Waals surface area contributed by atoms with Crippen molar-refractivity contribution >= 4 is 34.7 Å². The number of rotatable bonds is 3. The number of nitrogens with zero attached hydrogens (tertiary/aromatic N) is 2. The van der Waals surface area contributed by atoms with E-state index >= 15 is 0 Å². The first-order valence-corrected chi connectivity index (χ1v) is 11.5. The lowest BCUT2D eigenvalue weighted by Gasteiger charge is -2.27. The van der Waals surface area contributed by atoms with E-state index in [1.54, 1.807) is 49.6 Å². The molecule has 5 nitrogen and oxygen atoms in total. The number of aromatic nitrogens is 1. The highest BCUT2D eigenvalue weighted by Crippen LogP contribution is 2.44. The van der Waals surface area contributed by atoms with Gasteiger partial charge in [0.2, 0.25) is 0 Å². The first kappa shape index (κ1) is 23.7. The first-order valence-electron chi connectivity index (χ1n) is 11.1. The van der Waals surface area contributed by atoms with Crippen LogP contribution in [-0.4, -0.2) is 21.8 Å². The van der Waals surface area contributed by atoms with Crippen molar-refractivity contribution in [3.05, 3.63) is 99.3 Å². The van der Waals surface area contributed by atoms with E-state index in [4.69, 9.17) is 11.6 Å². The molecule has 1 amide bonds. The number of aryl methyl sites for hydroxylation is 1. The molecule has 1 fully saturated rings. The molecule has 3 aromatic rings. The Kier molecular flexibility index (Phi) is 6.09. The largest absolute Gasteiger partial charge is 0.507 e. The molecular formula is C28H27ClN2O3. The fourth-order valence-electron chi connectivity index (χ4n) is 4.29. The second-order valence-corrected chi connectivity index (χ2v) is 10.0. The summed E-state index contributed by atoms with van der Waals surface area (Å²) in [5, 5.41) is 12.0. The summed E-state index contributed by atoms with van der Waals surface area (Å²) in [6.07, 6.45) is 3.21. The van der Waals surface area contributed by atoms with Crippen LogP contribution in [0, 0.1) is 13.8 Å². The third-order valence-corrected chi connectivity index (χ3v) is 6.73. The zero-order valence-corrected chi connectivity index (χ0v) is 20.6. The summed E-state index contributed by atoms with van der Waals surface area (Å²) < 4.78 is 0. The standard InChI is InChI=1S/C28H27ClN2O3/c1-16-9-10-19(28(3,4)5)15-20(16)25(32)23-24(18-11-13-30-14-12-18)31(27(34)26(23)33)22-8-6-7-21(29)17(22)2/h6-15,24,32H,1-5H3/b25-23+. The smallest absolute Gasteiger partial charge is 0.300 e. The molecule has 0 radical (unpaired) electrons. The number of carbonyl (C=O) groups excluding carboxylic acids is 2. The van der Waals surface area contributed by atoms with Crippen LogP contribution in [0.2, 0.25) is 5.02 Å². The highest BCUT2D eigenvalue weighted by atomic mass is 35.5. The van der Waals surface area contributed by atoms with Crippen molar-refractivity contribution in [2.75, 3.05) is 4.90 Å². The molecular weight excluding hydrogens is 448 g/mol. The number of Topliss-reactive ketones (excluding diaryl/α,β-unsaturated/α-hetero) is 1. The van der Waals surface area contributed by atoms with Crippen molar-refractivity contribution in [1.82, 2.24) is 4.98 Å². The number of halogens is 1. The minimum atomic E-state index is -0.821. The van der Waals surface area contributed by atoms with E-state index in [0.717, 1.165) is 11.1 Å². The number of anilines is 1. The lowest BCUT2D eigenvalue weighted by Crippen LogP contribution is -2.30. The van der Waals surface area contributed by atoms with Gasteiger partial charge < -0.3 is 5.11 Å². The second kappa shape index (κ2) is 8.73. The van der Waals surface area contributed by atoms with Gasteiger partial charge in [-0.25, -0.2) is 0 Å². The number of hydrogen-bond acceptors (Lipinski definition) is 4. The Morgan fingerprint density at radius 1 is 1.03 bits per heavy atom. The summed E-state index contributed by atoms with van der Waals surface area (Å²) in [5.74, 6) is -1.64. The van der Waals surface area contributed by atoms with Crippen molar-refractivity contribution in [2.24, 2.45) is 0 Å². The fourth-order valence-corrected chi connectivity index (χ4v) is 4.46. The van der Waals surface area contributed by atoms with Crippen LogP contribution < -0.4 is 4.90 Å². The van der Waals surface area contributed by atoms with E-state index in [1.165, 1.54) is 4.90 Å². The quantitative estimate of drug-likeness (QED) is 0.275. The molecule has 0 spiro atoms. The van der Waals surface area contributed by atoms with Crippen LogP contribution in [0.25, 0.3) is 5.76 Å². The molecule has 0 aliphatic carbocycles. The molecule has 34 heavy (non-hydrogen) atoms. The van der Waals surface area contributed by atoms with Gasteiger partial charge in [-0.3, -0.25) is 19.5 Å². The van der Waals surface area contributed by atoms with Gasteiger partial charge in [0.05, 0.1) is 11.6 Å². The summed E-state index contributed by atoms with van der Waals surface area (Å²) >= 11 is 6.35. The average Bonchev–Trinajstić information content (AvgIpc) is 3.06. The third kappa shape index (κ3) is 4.01. The topological polar surface area (TPSA) is 70.5 Å². The summed E-state index contributed by atoms with van der Waals surface area (Å²) in [6.45, 7) is 9.93. The summed E-state index contributed by atoms with van der Waals surface area (Å²) in [7, 11) is 0. The number of aliphatic hydroxyl groups is 1. The van der Waals surface area contributed by atoms with Gasteiger partial charge in [-0.2, -0.15) is 0 Å². The van der Waals surface area contributed by atoms with Crippen molar-refractivity contribution < 1.29 is 14.7 Å². The Hall–Kier alpha value is -3.44. The second-order valence-electron chi connectivity index (χ2n) is 9.61. The van der Waals surface area contributed by atoms with Crippen molar-refractivity contribution in [3.8, 4) is 0 Å². The Balaban J connectivity index is 2.00. The van der Waals surface area contributed by atoms with Gasteiger partial charge in [0.25, 0.3) is 11.7 Å². The Morgan fingerprint density at radius 3 is 2.35 bits per heavy atom. The van der Waals surface area contributed by atoms with Crippen molar-refractivity contribution in [1.29, 1.82) is 0 Å². The molecule has 0 saturated carbocycles. The van der Waals surface area contributed by atoms with Crippen LogP contribution in [0.5, 0.6) is 0 Å². The molecule has 174 valence electrons. The molecule has 1 atom stereocenters. The van der Waals surface area contributed by atoms with E-state index in [2.05, 4.69) is 25.8 Å². The molecule has 2 aromatic carbocycles. The molecule has 0 bridgehead atoms. The average molecular weight is 475 g/mol. The van der Waals surface area contributed by atoms with Gasteiger partial charge in [0.1, 0.15) is 5.76 Å². The summed E-state index contributed by atoms with van der Waals surface area (Å²) in [4.78, 5) is 32.3. The van der Waals surface area contributed by atoms with Crippen molar-refractivity contribution in [2.45, 2.75) is 46.1 Å². The number of pyridine rings is 1. The van der Waals surface area contributed by atoms with Crippen LogP contribution in [0.3, 0.4) is 0 Å². The van der Waals surface area contributed by atoms with Crippen LogP contribution in [-0.2, 0) is 15.0 Å². The normalized spacial score (nSPS) is 17.9. The highest BCUT2D eigenvalue weighted by molar-refractivity contribution is 6.52. The zero-order chi connectivity index (χ0) is 24.8.